The third-order valence-corrected chi connectivity index (χ3v) is 2.54. The van der Waals surface area contributed by atoms with E-state index in [-0.39, 0.29) is 12.0 Å². The summed E-state index contributed by atoms with van der Waals surface area (Å²) >= 11 is 0. The molecule has 1 amide bonds. The Kier molecular flexibility index (Phi) is 5.84. The van der Waals surface area contributed by atoms with Crippen molar-refractivity contribution in [3.05, 3.63) is 35.4 Å². The van der Waals surface area contributed by atoms with Gasteiger partial charge in [-0.05, 0) is 38.5 Å². The van der Waals surface area contributed by atoms with Crippen molar-refractivity contribution in [1.29, 1.82) is 0 Å². The predicted octanol–water partition coefficient (Wildman–Crippen LogP) is 2.57. The first kappa shape index (κ1) is 17.9. The van der Waals surface area contributed by atoms with Crippen LogP contribution in [0, 0.1) is 11.6 Å². The van der Waals surface area contributed by atoms with Gasteiger partial charge in [0.2, 0.25) is 0 Å². The van der Waals surface area contributed by atoms with E-state index in [1.807, 2.05) is 0 Å². The summed E-state index contributed by atoms with van der Waals surface area (Å²) in [6, 6.07) is 1.77. The van der Waals surface area contributed by atoms with Gasteiger partial charge in [-0.1, -0.05) is 0 Å². The zero-order valence-electron chi connectivity index (χ0n) is 12.9. The maximum Gasteiger partial charge on any atom is 0.408 e. The van der Waals surface area contributed by atoms with Gasteiger partial charge >= 0.3 is 12.1 Å². The number of rotatable bonds is 4. The van der Waals surface area contributed by atoms with Gasteiger partial charge in [0.15, 0.2) is 0 Å². The molecule has 1 aromatic carbocycles. The maximum absolute atomic E-state index is 13.2. The average molecular weight is 315 g/mol. The third-order valence-electron chi connectivity index (χ3n) is 2.54. The molecule has 0 spiro atoms. The van der Waals surface area contributed by atoms with Crippen molar-refractivity contribution >= 4 is 12.1 Å². The van der Waals surface area contributed by atoms with Crippen molar-refractivity contribution in [3.63, 3.8) is 0 Å². The molecule has 1 rings (SSSR count). The number of carbonyl (C=O) groups is 2. The molecule has 0 radical (unpaired) electrons. The number of methoxy groups -OCH3 is 1. The highest BCUT2D eigenvalue weighted by Gasteiger charge is 2.25. The molecular formula is C15H19F2NO4. The molecule has 122 valence electrons. The highest BCUT2D eigenvalue weighted by molar-refractivity contribution is 5.81. The Labute approximate surface area is 127 Å². The molecule has 1 aromatic rings. The number of alkyl carbamates (subject to hydrolysis) is 1. The zero-order chi connectivity index (χ0) is 16.9. The molecule has 1 atom stereocenters. The number of nitrogens with one attached hydrogen (secondary N) is 1. The van der Waals surface area contributed by atoms with E-state index in [0.717, 1.165) is 25.3 Å². The van der Waals surface area contributed by atoms with Gasteiger partial charge in [-0.15, -0.1) is 0 Å². The van der Waals surface area contributed by atoms with Crippen LogP contribution in [0.1, 0.15) is 26.3 Å². The van der Waals surface area contributed by atoms with E-state index < -0.39 is 35.3 Å². The zero-order valence-corrected chi connectivity index (χ0v) is 12.9. The number of hydrogen-bond acceptors (Lipinski definition) is 4. The van der Waals surface area contributed by atoms with Crippen molar-refractivity contribution < 1.29 is 27.8 Å². The number of hydrogen-bond donors (Lipinski definition) is 1. The summed E-state index contributed by atoms with van der Waals surface area (Å²) in [6.07, 6.45) is -0.944. The topological polar surface area (TPSA) is 64.6 Å². The van der Waals surface area contributed by atoms with Crippen LogP contribution in [0.5, 0.6) is 0 Å². The molecule has 0 saturated heterocycles. The Morgan fingerprint density at radius 1 is 1.18 bits per heavy atom. The lowest BCUT2D eigenvalue weighted by Crippen LogP contribution is -2.45. The van der Waals surface area contributed by atoms with Gasteiger partial charge in [-0.3, -0.25) is 0 Å². The first-order valence-electron chi connectivity index (χ1n) is 6.63. The third kappa shape index (κ3) is 6.07. The van der Waals surface area contributed by atoms with Gasteiger partial charge in [0.05, 0.1) is 7.11 Å². The summed E-state index contributed by atoms with van der Waals surface area (Å²) in [4.78, 5) is 23.4. The number of carbonyl (C=O) groups excluding carboxylic acids is 2. The van der Waals surface area contributed by atoms with Gasteiger partial charge in [-0.2, -0.15) is 0 Å². The minimum absolute atomic E-state index is 0.124. The maximum atomic E-state index is 13.2. The van der Waals surface area contributed by atoms with Crippen LogP contribution >= 0.6 is 0 Å². The second-order valence-electron chi connectivity index (χ2n) is 5.70. The van der Waals surface area contributed by atoms with Gasteiger partial charge in [-0.25, -0.2) is 18.4 Å². The van der Waals surface area contributed by atoms with E-state index in [1.165, 1.54) is 0 Å². The molecule has 0 saturated carbocycles. The molecule has 0 heterocycles. The van der Waals surface area contributed by atoms with E-state index in [9.17, 15) is 18.4 Å². The van der Waals surface area contributed by atoms with Crippen LogP contribution in [-0.4, -0.2) is 30.8 Å². The summed E-state index contributed by atoms with van der Waals surface area (Å²) in [7, 11) is 1.15. The van der Waals surface area contributed by atoms with Gasteiger partial charge in [0.25, 0.3) is 0 Å². The summed E-state index contributed by atoms with van der Waals surface area (Å²) in [5.74, 6) is -2.28. The van der Waals surface area contributed by atoms with Crippen LogP contribution in [0.3, 0.4) is 0 Å². The fourth-order valence-corrected chi connectivity index (χ4v) is 1.75. The molecule has 0 bridgehead atoms. The molecule has 0 aliphatic rings. The Bertz CT molecular complexity index is 535. The quantitative estimate of drug-likeness (QED) is 0.867. The van der Waals surface area contributed by atoms with Crippen molar-refractivity contribution in [2.45, 2.75) is 38.8 Å². The minimum atomic E-state index is -1.11. The van der Waals surface area contributed by atoms with Crippen molar-refractivity contribution in [2.75, 3.05) is 7.11 Å². The monoisotopic (exact) mass is 315 g/mol. The minimum Gasteiger partial charge on any atom is -0.467 e. The molecule has 7 heteroatoms. The Balaban J connectivity index is 2.85. The number of esters is 1. The molecular weight excluding hydrogens is 296 g/mol. The molecule has 0 aromatic heterocycles. The normalized spacial score (nSPS) is 12.5. The molecule has 5 nitrogen and oxygen atoms in total. The Morgan fingerprint density at radius 3 is 2.18 bits per heavy atom. The average Bonchev–Trinajstić information content (AvgIpc) is 2.33. The molecule has 1 N–H and O–H groups in total. The van der Waals surface area contributed by atoms with E-state index in [1.54, 1.807) is 20.8 Å². The van der Waals surface area contributed by atoms with Crippen molar-refractivity contribution in [1.82, 2.24) is 5.32 Å². The van der Waals surface area contributed by atoms with E-state index in [4.69, 9.17) is 4.74 Å². The number of benzene rings is 1. The standard InChI is InChI=1S/C15H19F2NO4/c1-15(2,3)22-14(20)18-12(13(19)21-4)7-9-5-10(16)8-11(17)6-9/h5-6,8,12H,7H2,1-4H3,(H,18,20). The van der Waals surface area contributed by atoms with Crippen LogP contribution in [0.2, 0.25) is 0 Å². The number of ether oxygens (including phenoxy) is 2. The van der Waals surface area contributed by atoms with E-state index >= 15 is 0 Å². The summed E-state index contributed by atoms with van der Waals surface area (Å²) in [5.41, 5.74) is -0.528. The van der Waals surface area contributed by atoms with Gasteiger partial charge in [0, 0.05) is 12.5 Å². The fraction of sp³-hybridized carbons (Fsp3) is 0.467. The van der Waals surface area contributed by atoms with Crippen LogP contribution in [-0.2, 0) is 20.7 Å². The lowest BCUT2D eigenvalue weighted by atomic mass is 10.1. The Morgan fingerprint density at radius 2 is 1.73 bits per heavy atom. The SMILES string of the molecule is COC(=O)C(Cc1cc(F)cc(F)c1)NC(=O)OC(C)(C)C. The van der Waals surface area contributed by atoms with Gasteiger partial charge < -0.3 is 14.8 Å². The van der Waals surface area contributed by atoms with Crippen molar-refractivity contribution in [3.8, 4) is 0 Å². The summed E-state index contributed by atoms with van der Waals surface area (Å²) in [6.45, 7) is 5.00. The largest absolute Gasteiger partial charge is 0.467 e. The van der Waals surface area contributed by atoms with E-state index in [0.29, 0.717) is 0 Å². The first-order chi connectivity index (χ1) is 10.1. The second-order valence-corrected chi connectivity index (χ2v) is 5.70. The number of amides is 1. The molecule has 22 heavy (non-hydrogen) atoms. The first-order valence-corrected chi connectivity index (χ1v) is 6.63. The number of halogens is 2. The van der Waals surface area contributed by atoms with Crippen LogP contribution < -0.4 is 5.32 Å². The smallest absolute Gasteiger partial charge is 0.408 e. The predicted molar refractivity (Wildman–Crippen MR) is 75.2 cm³/mol. The summed E-state index contributed by atoms with van der Waals surface area (Å²) in [5, 5.41) is 2.33. The fourth-order valence-electron chi connectivity index (χ4n) is 1.75. The lowest BCUT2D eigenvalue weighted by Gasteiger charge is -2.22. The molecule has 0 aliphatic carbocycles. The molecule has 0 aliphatic heterocycles. The summed E-state index contributed by atoms with van der Waals surface area (Å²) < 4.78 is 36.0. The highest BCUT2D eigenvalue weighted by Crippen LogP contribution is 2.12. The molecule has 1 unspecified atom stereocenters. The highest BCUT2D eigenvalue weighted by atomic mass is 19.1. The van der Waals surface area contributed by atoms with Crippen LogP contribution in [0.25, 0.3) is 0 Å². The molecule has 0 fully saturated rings. The second kappa shape index (κ2) is 7.20. The lowest BCUT2D eigenvalue weighted by molar-refractivity contribution is -0.143. The van der Waals surface area contributed by atoms with Crippen LogP contribution in [0.4, 0.5) is 13.6 Å². The van der Waals surface area contributed by atoms with E-state index in [2.05, 4.69) is 10.1 Å². The Hall–Kier alpha value is -2.18. The van der Waals surface area contributed by atoms with Crippen molar-refractivity contribution in [2.24, 2.45) is 0 Å². The van der Waals surface area contributed by atoms with Crippen LogP contribution in [0.15, 0.2) is 18.2 Å². The van der Waals surface area contributed by atoms with Gasteiger partial charge in [0.1, 0.15) is 23.3 Å².